The maximum atomic E-state index is 12.0. The molecular weight excluding hydrogens is 328 g/mol. The molecule has 0 spiro atoms. The Morgan fingerprint density at radius 3 is 2.81 bits per heavy atom. The van der Waals surface area contributed by atoms with Crippen molar-refractivity contribution in [3.8, 4) is 17.0 Å². The van der Waals surface area contributed by atoms with Crippen molar-refractivity contribution in [1.29, 1.82) is 0 Å². The van der Waals surface area contributed by atoms with Crippen LogP contribution in [-0.4, -0.2) is 41.1 Å². The SMILES string of the molecule is Nc1c[nH]c(=O)c(-c2cc3cc(OCCN4CCCCC4)ccc3[nH]2)c1. The summed E-state index contributed by atoms with van der Waals surface area (Å²) in [6, 6.07) is 9.58. The van der Waals surface area contributed by atoms with Crippen molar-refractivity contribution in [1.82, 2.24) is 14.9 Å². The zero-order valence-corrected chi connectivity index (χ0v) is 14.8. The van der Waals surface area contributed by atoms with Gasteiger partial charge in [-0.15, -0.1) is 0 Å². The number of nitrogens with two attached hydrogens (primary N) is 1. The molecule has 1 fully saturated rings. The number of pyridine rings is 1. The van der Waals surface area contributed by atoms with Gasteiger partial charge in [-0.3, -0.25) is 9.69 Å². The van der Waals surface area contributed by atoms with Gasteiger partial charge in [0.25, 0.3) is 5.56 Å². The molecule has 1 aliphatic heterocycles. The first-order chi connectivity index (χ1) is 12.7. The number of ether oxygens (including phenoxy) is 1. The van der Waals surface area contributed by atoms with E-state index in [1.807, 2.05) is 24.3 Å². The summed E-state index contributed by atoms with van der Waals surface area (Å²) in [5.74, 6) is 0.849. The number of hydrogen-bond donors (Lipinski definition) is 3. The van der Waals surface area contributed by atoms with E-state index in [-0.39, 0.29) is 5.56 Å². The molecule has 6 heteroatoms. The summed E-state index contributed by atoms with van der Waals surface area (Å²) >= 11 is 0. The van der Waals surface area contributed by atoms with Crippen molar-refractivity contribution in [2.24, 2.45) is 0 Å². The molecule has 1 saturated heterocycles. The number of anilines is 1. The Labute approximate surface area is 152 Å². The summed E-state index contributed by atoms with van der Waals surface area (Å²) in [7, 11) is 0. The van der Waals surface area contributed by atoms with Crippen molar-refractivity contribution in [2.75, 3.05) is 32.0 Å². The van der Waals surface area contributed by atoms with Gasteiger partial charge in [0.1, 0.15) is 12.4 Å². The van der Waals surface area contributed by atoms with Crippen LogP contribution in [0.25, 0.3) is 22.2 Å². The van der Waals surface area contributed by atoms with Crippen LogP contribution in [0.4, 0.5) is 5.69 Å². The van der Waals surface area contributed by atoms with E-state index in [1.165, 1.54) is 38.5 Å². The molecule has 3 aromatic rings. The van der Waals surface area contributed by atoms with Crippen molar-refractivity contribution >= 4 is 16.6 Å². The van der Waals surface area contributed by atoms with Crippen LogP contribution < -0.4 is 16.0 Å². The van der Waals surface area contributed by atoms with Gasteiger partial charge in [-0.05, 0) is 56.3 Å². The van der Waals surface area contributed by atoms with Crippen molar-refractivity contribution in [3.63, 3.8) is 0 Å². The van der Waals surface area contributed by atoms with Gasteiger partial charge < -0.3 is 20.4 Å². The number of nitrogens with one attached hydrogen (secondary N) is 2. The summed E-state index contributed by atoms with van der Waals surface area (Å²) in [5, 5.41) is 1.01. The third-order valence-electron chi connectivity index (χ3n) is 4.93. The number of aromatic nitrogens is 2. The van der Waals surface area contributed by atoms with Crippen molar-refractivity contribution < 1.29 is 4.74 Å². The lowest BCUT2D eigenvalue weighted by molar-refractivity contribution is 0.183. The summed E-state index contributed by atoms with van der Waals surface area (Å²) in [5.41, 5.74) is 8.40. The number of fused-ring (bicyclic) bond motifs is 1. The fourth-order valence-electron chi connectivity index (χ4n) is 3.52. The first-order valence-electron chi connectivity index (χ1n) is 9.15. The van der Waals surface area contributed by atoms with E-state index in [9.17, 15) is 4.79 Å². The molecule has 0 aliphatic carbocycles. The second-order valence-corrected chi connectivity index (χ2v) is 6.86. The average molecular weight is 352 g/mol. The minimum atomic E-state index is -0.163. The van der Waals surface area contributed by atoms with Gasteiger partial charge in [-0.2, -0.15) is 0 Å². The molecule has 6 nitrogen and oxygen atoms in total. The lowest BCUT2D eigenvalue weighted by Crippen LogP contribution is -2.33. The molecule has 4 rings (SSSR count). The smallest absolute Gasteiger partial charge is 0.257 e. The molecule has 0 unspecified atom stereocenters. The third kappa shape index (κ3) is 3.60. The number of nitrogen functional groups attached to an aromatic ring is 1. The van der Waals surface area contributed by atoms with Gasteiger partial charge in [0, 0.05) is 29.3 Å². The molecule has 1 aromatic carbocycles. The Kier molecular flexibility index (Phi) is 4.67. The molecule has 136 valence electrons. The number of H-pyrrole nitrogens is 2. The molecule has 0 bridgehead atoms. The first-order valence-corrected chi connectivity index (χ1v) is 9.15. The molecule has 4 N–H and O–H groups in total. The molecule has 3 heterocycles. The highest BCUT2D eigenvalue weighted by Gasteiger charge is 2.11. The third-order valence-corrected chi connectivity index (χ3v) is 4.93. The fraction of sp³-hybridized carbons (Fsp3) is 0.350. The summed E-state index contributed by atoms with van der Waals surface area (Å²) in [6.07, 6.45) is 5.44. The number of piperidine rings is 1. The van der Waals surface area contributed by atoms with Gasteiger partial charge in [0.15, 0.2) is 0 Å². The van der Waals surface area contributed by atoms with E-state index < -0.39 is 0 Å². The van der Waals surface area contributed by atoms with Crippen LogP contribution in [-0.2, 0) is 0 Å². The number of rotatable bonds is 5. The highest BCUT2D eigenvalue weighted by molar-refractivity contribution is 5.87. The molecule has 26 heavy (non-hydrogen) atoms. The molecule has 1 aliphatic rings. The minimum Gasteiger partial charge on any atom is -0.492 e. The Bertz CT molecular complexity index is 954. The standard InChI is InChI=1S/C20H24N4O2/c21-15-12-17(20(25)22-13-15)19-11-14-10-16(4-5-18(14)23-19)26-9-8-24-6-2-1-3-7-24/h4-5,10-13,23H,1-3,6-9,21H2,(H,22,25). The number of hydrogen-bond acceptors (Lipinski definition) is 4. The Morgan fingerprint density at radius 2 is 1.96 bits per heavy atom. The van der Waals surface area contributed by atoms with Crippen LogP contribution in [0.3, 0.4) is 0 Å². The van der Waals surface area contributed by atoms with Crippen LogP contribution in [0, 0.1) is 0 Å². The van der Waals surface area contributed by atoms with Gasteiger partial charge in [-0.1, -0.05) is 6.42 Å². The summed E-state index contributed by atoms with van der Waals surface area (Å²) in [4.78, 5) is 20.4. The molecule has 2 aromatic heterocycles. The minimum absolute atomic E-state index is 0.163. The molecule has 0 atom stereocenters. The van der Waals surface area contributed by atoms with Crippen LogP contribution in [0.5, 0.6) is 5.75 Å². The maximum Gasteiger partial charge on any atom is 0.257 e. The Hall–Kier alpha value is -2.73. The predicted octanol–water partition coefficient (Wildman–Crippen LogP) is 2.97. The Balaban J connectivity index is 1.48. The largest absolute Gasteiger partial charge is 0.492 e. The number of nitrogens with zero attached hydrogens (tertiary/aromatic N) is 1. The molecule has 0 amide bonds. The highest BCUT2D eigenvalue weighted by Crippen LogP contribution is 2.26. The second kappa shape index (κ2) is 7.25. The van der Waals surface area contributed by atoms with Crippen LogP contribution >= 0.6 is 0 Å². The van der Waals surface area contributed by atoms with E-state index >= 15 is 0 Å². The topological polar surface area (TPSA) is 87.1 Å². The Morgan fingerprint density at radius 1 is 1.12 bits per heavy atom. The molecular formula is C20H24N4O2. The van der Waals surface area contributed by atoms with Crippen molar-refractivity contribution in [2.45, 2.75) is 19.3 Å². The summed E-state index contributed by atoms with van der Waals surface area (Å²) in [6.45, 7) is 4.02. The summed E-state index contributed by atoms with van der Waals surface area (Å²) < 4.78 is 5.93. The monoisotopic (exact) mass is 352 g/mol. The lowest BCUT2D eigenvalue weighted by Gasteiger charge is -2.26. The average Bonchev–Trinajstić information content (AvgIpc) is 3.08. The van der Waals surface area contributed by atoms with Gasteiger partial charge in [0.05, 0.1) is 11.3 Å². The van der Waals surface area contributed by atoms with Gasteiger partial charge in [0.2, 0.25) is 0 Å². The van der Waals surface area contributed by atoms with E-state index in [0.717, 1.165) is 28.9 Å². The zero-order valence-electron chi connectivity index (χ0n) is 14.8. The number of benzene rings is 1. The van der Waals surface area contributed by atoms with Crippen LogP contribution in [0.1, 0.15) is 19.3 Å². The second-order valence-electron chi connectivity index (χ2n) is 6.86. The lowest BCUT2D eigenvalue weighted by atomic mass is 10.1. The predicted molar refractivity (Wildman–Crippen MR) is 105 cm³/mol. The molecule has 0 saturated carbocycles. The molecule has 0 radical (unpaired) electrons. The van der Waals surface area contributed by atoms with Gasteiger partial charge >= 0.3 is 0 Å². The number of likely N-dealkylation sites (tertiary alicyclic amines) is 1. The first kappa shape index (κ1) is 16.7. The highest BCUT2D eigenvalue weighted by atomic mass is 16.5. The van der Waals surface area contributed by atoms with E-state index in [0.29, 0.717) is 17.9 Å². The zero-order chi connectivity index (χ0) is 17.9. The van der Waals surface area contributed by atoms with E-state index in [1.54, 1.807) is 6.07 Å². The van der Waals surface area contributed by atoms with E-state index in [4.69, 9.17) is 10.5 Å². The van der Waals surface area contributed by atoms with Crippen LogP contribution in [0.15, 0.2) is 41.3 Å². The quantitative estimate of drug-likeness (QED) is 0.659. The fourth-order valence-corrected chi connectivity index (χ4v) is 3.52. The van der Waals surface area contributed by atoms with Gasteiger partial charge in [-0.25, -0.2) is 0 Å². The van der Waals surface area contributed by atoms with E-state index in [2.05, 4.69) is 14.9 Å². The number of aromatic amines is 2. The van der Waals surface area contributed by atoms with Crippen molar-refractivity contribution in [3.05, 3.63) is 46.9 Å². The van der Waals surface area contributed by atoms with Crippen LogP contribution in [0.2, 0.25) is 0 Å². The maximum absolute atomic E-state index is 12.0. The normalized spacial score (nSPS) is 15.4.